The van der Waals surface area contributed by atoms with Crippen molar-refractivity contribution in [3.63, 3.8) is 0 Å². The van der Waals surface area contributed by atoms with Gasteiger partial charge in [-0.3, -0.25) is 4.79 Å². The number of carboxylic acids is 1. The number of carbonyl (C=O) groups is 1. The van der Waals surface area contributed by atoms with Crippen LogP contribution in [0.25, 0.3) is 0 Å². The van der Waals surface area contributed by atoms with E-state index in [0.29, 0.717) is 5.92 Å². The molecule has 128 valence electrons. The Labute approximate surface area is 138 Å². The predicted molar refractivity (Wildman–Crippen MR) is 97.5 cm³/mol. The smallest absolute Gasteiger partial charge is 0.310 e. The molecule has 2 heteroatoms. The fourth-order valence-corrected chi connectivity index (χ4v) is 2.38. The lowest BCUT2D eigenvalue weighted by Gasteiger charge is -2.14. The first kappa shape index (κ1) is 23.0. The molecule has 0 amide bonds. The molecule has 0 aliphatic carbocycles. The highest BCUT2D eigenvalue weighted by Gasteiger charge is 2.13. The molecule has 0 fully saturated rings. The molecule has 0 bridgehead atoms. The van der Waals surface area contributed by atoms with Gasteiger partial charge < -0.3 is 5.11 Å². The van der Waals surface area contributed by atoms with Crippen LogP contribution in [0.3, 0.4) is 0 Å². The van der Waals surface area contributed by atoms with Crippen LogP contribution in [0.15, 0.2) is 24.3 Å². The van der Waals surface area contributed by atoms with Crippen molar-refractivity contribution in [3.8, 4) is 0 Å². The molecule has 1 N–H and O–H groups in total. The van der Waals surface area contributed by atoms with E-state index in [1.165, 1.54) is 12.0 Å². The molecule has 1 aromatic carbocycles. The molecule has 2 unspecified atom stereocenters. The monoisotopic (exact) mass is 308 g/mol. The van der Waals surface area contributed by atoms with Crippen LogP contribution in [0.2, 0.25) is 0 Å². The first-order valence-electron chi connectivity index (χ1n) is 8.71. The molecule has 22 heavy (non-hydrogen) atoms. The first-order valence-corrected chi connectivity index (χ1v) is 8.71. The summed E-state index contributed by atoms with van der Waals surface area (Å²) in [6.45, 7) is 16.5. The Hall–Kier alpha value is -1.31. The SMILES string of the molecule is CC.CC.CC(C)CC(C)Cc1ccc(C(C)C(=O)O)cc1. The van der Waals surface area contributed by atoms with E-state index < -0.39 is 11.9 Å². The summed E-state index contributed by atoms with van der Waals surface area (Å²) in [6.07, 6.45) is 2.30. The minimum Gasteiger partial charge on any atom is -0.481 e. The fourth-order valence-electron chi connectivity index (χ4n) is 2.38. The van der Waals surface area contributed by atoms with E-state index in [-0.39, 0.29) is 0 Å². The van der Waals surface area contributed by atoms with Crippen LogP contribution in [-0.2, 0) is 11.2 Å². The number of carboxylic acid groups (broad SMARTS) is 1. The van der Waals surface area contributed by atoms with E-state index >= 15 is 0 Å². The van der Waals surface area contributed by atoms with Gasteiger partial charge in [0, 0.05) is 0 Å². The Bertz CT molecular complexity index is 379. The third-order valence-corrected chi connectivity index (χ3v) is 3.31. The highest BCUT2D eigenvalue weighted by atomic mass is 16.4. The van der Waals surface area contributed by atoms with Gasteiger partial charge in [-0.05, 0) is 42.7 Å². The van der Waals surface area contributed by atoms with Crippen molar-refractivity contribution in [2.24, 2.45) is 11.8 Å². The number of hydrogen-bond donors (Lipinski definition) is 1. The standard InChI is InChI=1S/C16H24O2.2C2H6/c1-11(2)9-12(3)10-14-5-7-15(8-6-14)13(4)16(17)18;2*1-2/h5-8,11-13H,9-10H2,1-4H3,(H,17,18);2*1-2H3. The Morgan fingerprint density at radius 1 is 0.955 bits per heavy atom. The molecule has 2 atom stereocenters. The zero-order valence-corrected chi connectivity index (χ0v) is 15.8. The summed E-state index contributed by atoms with van der Waals surface area (Å²) in [7, 11) is 0. The van der Waals surface area contributed by atoms with Gasteiger partial charge in [0.2, 0.25) is 0 Å². The largest absolute Gasteiger partial charge is 0.481 e. The lowest BCUT2D eigenvalue weighted by molar-refractivity contribution is -0.138. The van der Waals surface area contributed by atoms with Gasteiger partial charge in [-0.1, -0.05) is 72.7 Å². The van der Waals surface area contributed by atoms with Crippen LogP contribution in [0.4, 0.5) is 0 Å². The van der Waals surface area contributed by atoms with Crippen molar-refractivity contribution < 1.29 is 9.90 Å². The maximum absolute atomic E-state index is 10.9. The van der Waals surface area contributed by atoms with Gasteiger partial charge in [-0.2, -0.15) is 0 Å². The lowest BCUT2D eigenvalue weighted by Crippen LogP contribution is -2.08. The molecule has 0 spiro atoms. The van der Waals surface area contributed by atoms with E-state index in [1.807, 2.05) is 39.8 Å². The fraction of sp³-hybridized carbons (Fsp3) is 0.650. The zero-order chi connectivity index (χ0) is 17.7. The van der Waals surface area contributed by atoms with Crippen molar-refractivity contribution in [2.75, 3.05) is 0 Å². The third kappa shape index (κ3) is 9.59. The van der Waals surface area contributed by atoms with Crippen molar-refractivity contribution in [2.45, 2.75) is 74.1 Å². The second kappa shape index (κ2) is 13.4. The van der Waals surface area contributed by atoms with Crippen LogP contribution < -0.4 is 0 Å². The number of aliphatic carboxylic acids is 1. The summed E-state index contributed by atoms with van der Waals surface area (Å²) in [6, 6.07) is 8.00. The summed E-state index contributed by atoms with van der Waals surface area (Å²) in [5.41, 5.74) is 2.17. The summed E-state index contributed by atoms with van der Waals surface area (Å²) in [4.78, 5) is 10.9. The molecule has 0 saturated carbocycles. The van der Waals surface area contributed by atoms with E-state index in [9.17, 15) is 4.79 Å². The number of benzene rings is 1. The van der Waals surface area contributed by atoms with Crippen LogP contribution in [0.1, 0.15) is 78.9 Å². The van der Waals surface area contributed by atoms with Gasteiger partial charge in [-0.25, -0.2) is 0 Å². The highest BCUT2D eigenvalue weighted by molar-refractivity contribution is 5.75. The normalized spacial score (nSPS) is 12.4. The molecule has 0 aromatic heterocycles. The van der Waals surface area contributed by atoms with Gasteiger partial charge in [0.05, 0.1) is 5.92 Å². The molecule has 0 radical (unpaired) electrons. The molecule has 1 rings (SSSR count). The second-order valence-electron chi connectivity index (χ2n) is 5.74. The predicted octanol–water partition coefficient (Wildman–Crippen LogP) is 6.15. The van der Waals surface area contributed by atoms with E-state index in [2.05, 4.69) is 32.9 Å². The van der Waals surface area contributed by atoms with E-state index in [4.69, 9.17) is 5.11 Å². The van der Waals surface area contributed by atoms with Gasteiger partial charge in [-0.15, -0.1) is 0 Å². The van der Waals surface area contributed by atoms with Crippen molar-refractivity contribution in [1.82, 2.24) is 0 Å². The molecular weight excluding hydrogens is 272 g/mol. The topological polar surface area (TPSA) is 37.3 Å². The second-order valence-corrected chi connectivity index (χ2v) is 5.74. The number of rotatable bonds is 6. The zero-order valence-electron chi connectivity index (χ0n) is 15.8. The van der Waals surface area contributed by atoms with E-state index in [0.717, 1.165) is 17.9 Å². The molecular formula is C20H36O2. The first-order chi connectivity index (χ1) is 10.4. The summed E-state index contributed by atoms with van der Waals surface area (Å²) in [5, 5.41) is 8.95. The van der Waals surface area contributed by atoms with Crippen LogP contribution in [-0.4, -0.2) is 11.1 Å². The quantitative estimate of drug-likeness (QED) is 0.684. The van der Waals surface area contributed by atoms with Gasteiger partial charge in [0.1, 0.15) is 0 Å². The number of hydrogen-bond acceptors (Lipinski definition) is 1. The Kier molecular flexibility index (Phi) is 13.9. The Morgan fingerprint density at radius 2 is 1.41 bits per heavy atom. The maximum Gasteiger partial charge on any atom is 0.310 e. The molecule has 0 saturated heterocycles. The van der Waals surface area contributed by atoms with Crippen molar-refractivity contribution in [3.05, 3.63) is 35.4 Å². The minimum absolute atomic E-state index is 0.424. The summed E-state index contributed by atoms with van der Waals surface area (Å²) < 4.78 is 0. The Morgan fingerprint density at radius 3 is 1.77 bits per heavy atom. The molecule has 0 heterocycles. The van der Waals surface area contributed by atoms with Crippen molar-refractivity contribution >= 4 is 5.97 Å². The maximum atomic E-state index is 10.9. The average molecular weight is 309 g/mol. The van der Waals surface area contributed by atoms with Crippen LogP contribution >= 0.6 is 0 Å². The Balaban J connectivity index is 0. The van der Waals surface area contributed by atoms with Gasteiger partial charge in [0.25, 0.3) is 0 Å². The van der Waals surface area contributed by atoms with Crippen LogP contribution in [0, 0.1) is 11.8 Å². The summed E-state index contributed by atoms with van der Waals surface area (Å²) in [5.74, 6) is 0.210. The molecule has 0 aliphatic heterocycles. The molecule has 1 aromatic rings. The molecule has 2 nitrogen and oxygen atoms in total. The average Bonchev–Trinajstić information content (AvgIpc) is 2.50. The third-order valence-electron chi connectivity index (χ3n) is 3.31. The van der Waals surface area contributed by atoms with Gasteiger partial charge >= 0.3 is 5.97 Å². The van der Waals surface area contributed by atoms with Crippen LogP contribution in [0.5, 0.6) is 0 Å². The highest BCUT2D eigenvalue weighted by Crippen LogP contribution is 2.20. The summed E-state index contributed by atoms with van der Waals surface area (Å²) >= 11 is 0. The van der Waals surface area contributed by atoms with Crippen molar-refractivity contribution in [1.29, 1.82) is 0 Å². The lowest BCUT2D eigenvalue weighted by atomic mass is 9.91. The minimum atomic E-state index is -0.768. The molecule has 0 aliphatic rings. The van der Waals surface area contributed by atoms with Gasteiger partial charge in [0.15, 0.2) is 0 Å². The van der Waals surface area contributed by atoms with E-state index in [1.54, 1.807) is 6.92 Å².